The minimum atomic E-state index is -0.897. The Hall–Kier alpha value is -1.10. The molecule has 5 heteroatoms. The number of carboxylic acids is 1. The molecule has 0 aromatic carbocycles. The molecule has 0 aromatic rings. The topological polar surface area (TPSA) is 75.6 Å². The minimum Gasteiger partial charge on any atom is -0.481 e. The summed E-state index contributed by atoms with van der Waals surface area (Å²) in [6.07, 6.45) is 3.40. The summed E-state index contributed by atoms with van der Waals surface area (Å²) in [4.78, 5) is 22.4. The van der Waals surface area contributed by atoms with Crippen LogP contribution in [0.1, 0.15) is 39.5 Å². The Morgan fingerprint density at radius 2 is 2.12 bits per heavy atom. The Labute approximate surface area is 102 Å². The second-order valence-corrected chi connectivity index (χ2v) is 4.68. The van der Waals surface area contributed by atoms with E-state index >= 15 is 0 Å². The van der Waals surface area contributed by atoms with E-state index in [1.165, 1.54) is 0 Å². The standard InChI is InChI=1S/C12H21NO4/c1-8(12(15)16)9(2)13-11(14)7-10-5-3-4-6-17-10/h8-10H,3-7H2,1-2H3,(H,13,14)(H,15,16). The lowest BCUT2D eigenvalue weighted by atomic mass is 10.0. The second kappa shape index (κ2) is 6.59. The molecule has 0 saturated carbocycles. The maximum Gasteiger partial charge on any atom is 0.308 e. The summed E-state index contributed by atoms with van der Waals surface area (Å²) in [5.41, 5.74) is 0. The van der Waals surface area contributed by atoms with Gasteiger partial charge in [0.1, 0.15) is 0 Å². The van der Waals surface area contributed by atoms with Crippen molar-refractivity contribution in [2.45, 2.75) is 51.7 Å². The van der Waals surface area contributed by atoms with Crippen LogP contribution in [0.4, 0.5) is 0 Å². The number of hydrogen-bond acceptors (Lipinski definition) is 3. The van der Waals surface area contributed by atoms with Crippen molar-refractivity contribution >= 4 is 11.9 Å². The molecule has 3 unspecified atom stereocenters. The first kappa shape index (κ1) is 14.0. The van der Waals surface area contributed by atoms with Crippen molar-refractivity contribution in [2.24, 2.45) is 5.92 Å². The van der Waals surface area contributed by atoms with Gasteiger partial charge in [0.15, 0.2) is 0 Å². The third-order valence-corrected chi connectivity index (χ3v) is 3.22. The largest absolute Gasteiger partial charge is 0.481 e. The maximum absolute atomic E-state index is 11.7. The first-order valence-electron chi connectivity index (χ1n) is 6.14. The van der Waals surface area contributed by atoms with Crippen molar-refractivity contribution in [2.75, 3.05) is 6.61 Å². The van der Waals surface area contributed by atoms with Gasteiger partial charge in [-0.3, -0.25) is 9.59 Å². The van der Waals surface area contributed by atoms with Crippen LogP contribution in [0.15, 0.2) is 0 Å². The van der Waals surface area contributed by atoms with Gasteiger partial charge in [-0.05, 0) is 33.1 Å². The van der Waals surface area contributed by atoms with Gasteiger partial charge in [0.25, 0.3) is 0 Å². The van der Waals surface area contributed by atoms with E-state index in [4.69, 9.17) is 9.84 Å². The molecule has 1 fully saturated rings. The summed E-state index contributed by atoms with van der Waals surface area (Å²) in [6.45, 7) is 4.02. The highest BCUT2D eigenvalue weighted by molar-refractivity contribution is 5.78. The summed E-state index contributed by atoms with van der Waals surface area (Å²) >= 11 is 0. The number of aliphatic carboxylic acids is 1. The van der Waals surface area contributed by atoms with Gasteiger partial charge >= 0.3 is 5.97 Å². The summed E-state index contributed by atoms with van der Waals surface area (Å²) in [6, 6.07) is -0.358. The van der Waals surface area contributed by atoms with Gasteiger partial charge in [-0.2, -0.15) is 0 Å². The normalized spacial score (nSPS) is 23.8. The van der Waals surface area contributed by atoms with E-state index in [2.05, 4.69) is 5.32 Å². The van der Waals surface area contributed by atoms with Gasteiger partial charge in [0.2, 0.25) is 5.91 Å². The maximum atomic E-state index is 11.7. The predicted octanol–water partition coefficient (Wildman–Crippen LogP) is 1.17. The molecule has 17 heavy (non-hydrogen) atoms. The first-order valence-corrected chi connectivity index (χ1v) is 6.14. The molecule has 0 aliphatic carbocycles. The molecule has 3 atom stereocenters. The molecule has 1 rings (SSSR count). The van der Waals surface area contributed by atoms with E-state index in [-0.39, 0.29) is 18.1 Å². The van der Waals surface area contributed by atoms with Crippen LogP contribution < -0.4 is 5.32 Å². The molecule has 0 aromatic heterocycles. The molecule has 1 saturated heterocycles. The Morgan fingerprint density at radius 1 is 1.41 bits per heavy atom. The summed E-state index contributed by atoms with van der Waals surface area (Å²) < 4.78 is 5.46. The number of rotatable bonds is 5. The van der Waals surface area contributed by atoms with Crippen molar-refractivity contribution in [1.82, 2.24) is 5.32 Å². The number of ether oxygens (including phenoxy) is 1. The van der Waals surface area contributed by atoms with E-state index in [9.17, 15) is 9.59 Å². The fourth-order valence-electron chi connectivity index (χ4n) is 1.83. The van der Waals surface area contributed by atoms with Crippen LogP contribution in [-0.4, -0.2) is 35.7 Å². The van der Waals surface area contributed by atoms with Crippen molar-refractivity contribution in [3.63, 3.8) is 0 Å². The van der Waals surface area contributed by atoms with Crippen LogP contribution in [0.2, 0.25) is 0 Å². The van der Waals surface area contributed by atoms with E-state index in [0.29, 0.717) is 6.42 Å². The Balaban J connectivity index is 2.30. The van der Waals surface area contributed by atoms with Crippen LogP contribution in [0, 0.1) is 5.92 Å². The first-order chi connectivity index (χ1) is 8.00. The number of carboxylic acid groups (broad SMARTS) is 1. The number of carbonyl (C=O) groups is 2. The van der Waals surface area contributed by atoms with Crippen molar-refractivity contribution in [1.29, 1.82) is 0 Å². The van der Waals surface area contributed by atoms with Crippen molar-refractivity contribution in [3.8, 4) is 0 Å². The molecule has 98 valence electrons. The molecule has 1 aliphatic rings. The lowest BCUT2D eigenvalue weighted by Gasteiger charge is -2.23. The van der Waals surface area contributed by atoms with Crippen LogP contribution in [0.5, 0.6) is 0 Å². The molecular weight excluding hydrogens is 222 g/mol. The summed E-state index contributed by atoms with van der Waals surface area (Å²) in [5.74, 6) is -1.60. The van der Waals surface area contributed by atoms with E-state index in [1.54, 1.807) is 13.8 Å². The summed E-state index contributed by atoms with van der Waals surface area (Å²) in [7, 11) is 0. The van der Waals surface area contributed by atoms with Gasteiger partial charge in [-0.25, -0.2) is 0 Å². The molecule has 5 nitrogen and oxygen atoms in total. The molecular formula is C12H21NO4. The highest BCUT2D eigenvalue weighted by atomic mass is 16.5. The number of carbonyl (C=O) groups excluding carboxylic acids is 1. The van der Waals surface area contributed by atoms with Gasteiger partial charge in [0.05, 0.1) is 18.4 Å². The molecule has 1 amide bonds. The molecule has 1 aliphatic heterocycles. The number of nitrogens with one attached hydrogen (secondary N) is 1. The average Bonchev–Trinajstić information content (AvgIpc) is 2.28. The zero-order chi connectivity index (χ0) is 12.8. The smallest absolute Gasteiger partial charge is 0.308 e. The lowest BCUT2D eigenvalue weighted by Crippen LogP contribution is -2.41. The van der Waals surface area contributed by atoms with Crippen LogP contribution >= 0.6 is 0 Å². The minimum absolute atomic E-state index is 0.00363. The van der Waals surface area contributed by atoms with Crippen molar-refractivity contribution in [3.05, 3.63) is 0 Å². The molecule has 0 spiro atoms. The van der Waals surface area contributed by atoms with Crippen LogP contribution in [0.3, 0.4) is 0 Å². The summed E-state index contributed by atoms with van der Waals surface area (Å²) in [5, 5.41) is 11.5. The average molecular weight is 243 g/mol. The number of hydrogen-bond donors (Lipinski definition) is 2. The molecule has 2 N–H and O–H groups in total. The van der Waals surface area contributed by atoms with Gasteiger partial charge < -0.3 is 15.2 Å². The van der Waals surface area contributed by atoms with Gasteiger partial charge in [-0.15, -0.1) is 0 Å². The number of amides is 1. The SMILES string of the molecule is CC(NC(=O)CC1CCCCO1)C(C)C(=O)O. The molecule has 0 radical (unpaired) electrons. The quantitative estimate of drug-likeness (QED) is 0.760. The highest BCUT2D eigenvalue weighted by Gasteiger charge is 2.23. The predicted molar refractivity (Wildman–Crippen MR) is 62.6 cm³/mol. The third kappa shape index (κ3) is 4.73. The van der Waals surface area contributed by atoms with E-state index in [1.807, 2.05) is 0 Å². The lowest BCUT2D eigenvalue weighted by molar-refractivity contribution is -0.142. The van der Waals surface area contributed by atoms with Gasteiger partial charge in [-0.1, -0.05) is 0 Å². The Kier molecular flexibility index (Phi) is 5.41. The third-order valence-electron chi connectivity index (χ3n) is 3.22. The van der Waals surface area contributed by atoms with Gasteiger partial charge in [0, 0.05) is 12.6 Å². The zero-order valence-corrected chi connectivity index (χ0v) is 10.4. The Morgan fingerprint density at radius 3 is 2.65 bits per heavy atom. The van der Waals surface area contributed by atoms with E-state index < -0.39 is 11.9 Å². The fourth-order valence-corrected chi connectivity index (χ4v) is 1.83. The monoisotopic (exact) mass is 243 g/mol. The fraction of sp³-hybridized carbons (Fsp3) is 0.833. The molecule has 1 heterocycles. The van der Waals surface area contributed by atoms with Crippen LogP contribution in [-0.2, 0) is 14.3 Å². The second-order valence-electron chi connectivity index (χ2n) is 4.68. The molecule has 0 bridgehead atoms. The highest BCUT2D eigenvalue weighted by Crippen LogP contribution is 2.15. The van der Waals surface area contributed by atoms with E-state index in [0.717, 1.165) is 25.9 Å². The zero-order valence-electron chi connectivity index (χ0n) is 10.4. The Bertz CT molecular complexity index is 274. The van der Waals surface area contributed by atoms with Crippen molar-refractivity contribution < 1.29 is 19.4 Å². The van der Waals surface area contributed by atoms with Crippen LogP contribution in [0.25, 0.3) is 0 Å².